The molecule has 3 atom stereocenters. The Bertz CT molecular complexity index is 967. The van der Waals surface area contributed by atoms with Gasteiger partial charge in [-0.05, 0) is 55.8 Å². The third-order valence-electron chi connectivity index (χ3n) is 6.79. The first kappa shape index (κ1) is 24.1. The molecule has 0 spiro atoms. The van der Waals surface area contributed by atoms with Gasteiger partial charge in [-0.15, -0.1) is 0 Å². The number of halogens is 1. The van der Waals surface area contributed by atoms with Crippen LogP contribution in [0.15, 0.2) is 29.0 Å². The summed E-state index contributed by atoms with van der Waals surface area (Å²) in [6, 6.07) is -0.0510. The molecule has 4 rings (SSSR count). The highest BCUT2D eigenvalue weighted by Crippen LogP contribution is 2.36. The Labute approximate surface area is 204 Å². The van der Waals surface area contributed by atoms with Crippen LogP contribution in [0.5, 0.6) is 5.88 Å². The Morgan fingerprint density at radius 2 is 2.15 bits per heavy atom. The second-order valence-electron chi connectivity index (χ2n) is 8.75. The summed E-state index contributed by atoms with van der Waals surface area (Å²) in [5.74, 6) is 0.883. The molecule has 1 amide bonds. The number of thioether (sulfide) groups is 1. The van der Waals surface area contributed by atoms with Gasteiger partial charge in [0.05, 0.1) is 19.7 Å². The number of allylic oxidation sites excluding steroid dienone is 2. The zero-order valence-corrected chi connectivity index (χ0v) is 20.7. The number of nitrogens with zero attached hydrogens (tertiary/aromatic N) is 3. The maximum Gasteiger partial charge on any atom is 0.305 e. The second kappa shape index (κ2) is 10.9. The van der Waals surface area contributed by atoms with E-state index < -0.39 is 0 Å². The molecular weight excluding hydrogens is 462 g/mol. The summed E-state index contributed by atoms with van der Waals surface area (Å²) in [6.07, 6.45) is 15.2. The van der Waals surface area contributed by atoms with Crippen molar-refractivity contribution in [3.05, 3.63) is 34.5 Å². The molecule has 7 nitrogen and oxygen atoms in total. The quantitative estimate of drug-likeness (QED) is 0.194. The van der Waals surface area contributed by atoms with Gasteiger partial charge in [0.2, 0.25) is 5.88 Å². The molecule has 1 aliphatic heterocycles. The van der Waals surface area contributed by atoms with Gasteiger partial charge in [-0.2, -0.15) is 4.98 Å². The fourth-order valence-electron chi connectivity index (χ4n) is 4.97. The predicted molar refractivity (Wildman–Crippen MR) is 128 cm³/mol. The highest BCUT2D eigenvalue weighted by Gasteiger charge is 2.33. The van der Waals surface area contributed by atoms with E-state index in [1.54, 1.807) is 0 Å². The van der Waals surface area contributed by atoms with E-state index in [1.807, 2.05) is 11.2 Å². The maximum absolute atomic E-state index is 13.3. The Hall–Kier alpha value is -2.06. The van der Waals surface area contributed by atoms with Crippen LogP contribution < -0.4 is 4.74 Å². The van der Waals surface area contributed by atoms with Crippen molar-refractivity contribution in [2.45, 2.75) is 56.1 Å². The lowest BCUT2D eigenvalue weighted by Crippen LogP contribution is -2.41. The normalized spacial score (nSPS) is 25.4. The average molecular weight is 492 g/mol. The fourth-order valence-corrected chi connectivity index (χ4v) is 5.62. The number of amides is 1. The molecule has 1 aromatic rings. The Morgan fingerprint density at radius 1 is 1.30 bits per heavy atom. The molecule has 9 heteroatoms. The van der Waals surface area contributed by atoms with E-state index in [4.69, 9.17) is 21.1 Å². The zero-order valence-electron chi connectivity index (χ0n) is 19.1. The summed E-state index contributed by atoms with van der Waals surface area (Å²) in [5.41, 5.74) is 1.59. The molecule has 1 aromatic heterocycles. The molecule has 33 heavy (non-hydrogen) atoms. The Kier molecular flexibility index (Phi) is 7.96. The van der Waals surface area contributed by atoms with Crippen LogP contribution in [0.3, 0.4) is 0 Å². The summed E-state index contributed by atoms with van der Waals surface area (Å²) in [4.78, 5) is 35.3. The summed E-state index contributed by atoms with van der Waals surface area (Å²) >= 11 is 7.70. The van der Waals surface area contributed by atoms with Crippen molar-refractivity contribution in [2.75, 3.05) is 26.5 Å². The van der Waals surface area contributed by atoms with Crippen LogP contribution in [0, 0.1) is 11.8 Å². The zero-order chi connectivity index (χ0) is 23.4. The molecular formula is C24H30ClN3O4S. The maximum atomic E-state index is 13.3. The minimum absolute atomic E-state index is 0.0510. The lowest BCUT2D eigenvalue weighted by Gasteiger charge is -2.30. The van der Waals surface area contributed by atoms with Crippen molar-refractivity contribution in [3.8, 4) is 5.88 Å². The summed E-state index contributed by atoms with van der Waals surface area (Å²) in [5, 5.41) is 0.625. The molecule has 2 heterocycles. The van der Waals surface area contributed by atoms with Crippen molar-refractivity contribution in [1.82, 2.24) is 14.9 Å². The van der Waals surface area contributed by atoms with Gasteiger partial charge >= 0.3 is 5.97 Å². The third-order valence-corrected chi connectivity index (χ3v) is 7.61. The summed E-state index contributed by atoms with van der Waals surface area (Å²) in [6.45, 7) is 0.835. The van der Waals surface area contributed by atoms with E-state index in [9.17, 15) is 9.59 Å². The SMILES string of the molecule is COC(=O)CC1CCCC(C2=CCC(N3CCOc4nc(SC)nc(Cl)c4C3=O)C=C2)CC1. The van der Waals surface area contributed by atoms with Crippen molar-refractivity contribution >= 4 is 35.2 Å². The molecule has 0 saturated heterocycles. The highest BCUT2D eigenvalue weighted by molar-refractivity contribution is 7.98. The van der Waals surface area contributed by atoms with E-state index in [2.05, 4.69) is 28.2 Å². The van der Waals surface area contributed by atoms with Crippen LogP contribution in [-0.4, -0.2) is 59.3 Å². The Morgan fingerprint density at radius 3 is 2.88 bits per heavy atom. The summed E-state index contributed by atoms with van der Waals surface area (Å²) < 4.78 is 10.6. The lowest BCUT2D eigenvalue weighted by atomic mass is 9.86. The number of rotatable bonds is 5. The Balaban J connectivity index is 1.41. The second-order valence-corrected chi connectivity index (χ2v) is 9.88. The van der Waals surface area contributed by atoms with Gasteiger partial charge < -0.3 is 14.4 Å². The van der Waals surface area contributed by atoms with E-state index >= 15 is 0 Å². The van der Waals surface area contributed by atoms with Crippen molar-refractivity contribution in [1.29, 1.82) is 0 Å². The molecule has 0 bridgehead atoms. The first-order chi connectivity index (χ1) is 16.0. The van der Waals surface area contributed by atoms with E-state index in [0.717, 1.165) is 38.5 Å². The number of aromatic nitrogens is 2. The third kappa shape index (κ3) is 5.54. The minimum Gasteiger partial charge on any atom is -0.475 e. The monoisotopic (exact) mass is 491 g/mol. The van der Waals surface area contributed by atoms with Crippen molar-refractivity contribution < 1.29 is 19.1 Å². The van der Waals surface area contributed by atoms with Crippen LogP contribution >= 0.6 is 23.4 Å². The number of carbonyl (C=O) groups excluding carboxylic acids is 2. The van der Waals surface area contributed by atoms with Gasteiger partial charge in [-0.3, -0.25) is 9.59 Å². The van der Waals surface area contributed by atoms with Gasteiger partial charge in [-0.25, -0.2) is 4.98 Å². The molecule has 3 unspecified atom stereocenters. The van der Waals surface area contributed by atoms with E-state index in [-0.39, 0.29) is 34.5 Å². The number of fused-ring (bicyclic) bond motifs is 1. The van der Waals surface area contributed by atoms with Gasteiger partial charge in [0.1, 0.15) is 17.3 Å². The molecule has 3 aliphatic rings. The molecule has 0 aromatic carbocycles. The van der Waals surface area contributed by atoms with Crippen molar-refractivity contribution in [2.24, 2.45) is 11.8 Å². The number of hydrogen-bond acceptors (Lipinski definition) is 7. The van der Waals surface area contributed by atoms with Crippen LogP contribution in [0.4, 0.5) is 0 Å². The lowest BCUT2D eigenvalue weighted by molar-refractivity contribution is -0.141. The minimum atomic E-state index is -0.188. The van der Waals surface area contributed by atoms with E-state index in [0.29, 0.717) is 36.6 Å². The summed E-state index contributed by atoms with van der Waals surface area (Å²) in [7, 11) is 1.46. The number of carbonyl (C=O) groups is 2. The van der Waals surface area contributed by atoms with Crippen LogP contribution in [0.1, 0.15) is 55.3 Å². The van der Waals surface area contributed by atoms with Crippen LogP contribution in [0.2, 0.25) is 5.15 Å². The largest absolute Gasteiger partial charge is 0.475 e. The van der Waals surface area contributed by atoms with Gasteiger partial charge in [0.25, 0.3) is 5.91 Å². The molecule has 1 fully saturated rings. The topological polar surface area (TPSA) is 81.6 Å². The smallest absolute Gasteiger partial charge is 0.305 e. The molecule has 0 N–H and O–H groups in total. The first-order valence-electron chi connectivity index (χ1n) is 11.5. The molecule has 2 aliphatic carbocycles. The van der Waals surface area contributed by atoms with Gasteiger partial charge in [0, 0.05) is 6.42 Å². The van der Waals surface area contributed by atoms with Crippen LogP contribution in [0.25, 0.3) is 0 Å². The molecule has 178 valence electrons. The number of esters is 1. The average Bonchev–Trinajstić information content (AvgIpc) is 3.15. The van der Waals surface area contributed by atoms with Gasteiger partial charge in [-0.1, -0.05) is 48.0 Å². The number of methoxy groups -OCH3 is 1. The fraction of sp³-hybridized carbons (Fsp3) is 0.583. The first-order valence-corrected chi connectivity index (χ1v) is 13.1. The highest BCUT2D eigenvalue weighted by atomic mass is 35.5. The van der Waals surface area contributed by atoms with Crippen LogP contribution in [-0.2, 0) is 9.53 Å². The number of ether oxygens (including phenoxy) is 2. The number of hydrogen-bond donors (Lipinski definition) is 0. The van der Waals surface area contributed by atoms with Gasteiger partial charge in [0.15, 0.2) is 5.16 Å². The molecule has 0 radical (unpaired) electrons. The molecule has 1 saturated carbocycles. The van der Waals surface area contributed by atoms with E-state index in [1.165, 1.54) is 24.4 Å². The predicted octanol–water partition coefficient (Wildman–Crippen LogP) is 4.70. The standard InChI is InChI=1S/C24H30ClN3O4S/c1-31-19(29)14-15-4-3-5-16(7-6-15)17-8-10-18(11-9-17)28-12-13-32-22-20(23(28)30)21(25)26-24(27-22)33-2/h8-10,15-16,18H,3-7,11-14H2,1-2H3. The van der Waals surface area contributed by atoms with Crippen molar-refractivity contribution in [3.63, 3.8) is 0 Å².